The van der Waals surface area contributed by atoms with Gasteiger partial charge in [-0.2, -0.15) is 13.2 Å². The number of likely N-dealkylation sites (tertiary alicyclic amines) is 1. The van der Waals surface area contributed by atoms with Crippen molar-refractivity contribution < 1.29 is 18.0 Å². The maximum Gasteiger partial charge on any atom is 0.401 e. The molecule has 6 nitrogen and oxygen atoms in total. The maximum absolute atomic E-state index is 12.4. The third-order valence-corrected chi connectivity index (χ3v) is 4.39. The standard InChI is InChI=1S/C17H23ClF3N5O.HI/c1-22-16(25-12-6-9-26(10-12)11-17(19,20)21)24-8-7-23-15(27)13-4-2-3-5-14(13)18;/h2-5,12H,6-11H2,1H3,(H,23,27)(H2,22,24,25);1H. The molecular formula is C17H24ClF3IN5O. The van der Waals surface area contributed by atoms with Crippen molar-refractivity contribution in [2.75, 3.05) is 39.8 Å². The Morgan fingerprint density at radius 2 is 1.96 bits per heavy atom. The predicted octanol–water partition coefficient (Wildman–Crippen LogP) is 2.49. The minimum absolute atomic E-state index is 0. The van der Waals surface area contributed by atoms with Crippen LogP contribution in [0.15, 0.2) is 29.3 Å². The average Bonchev–Trinajstić information content (AvgIpc) is 3.02. The number of rotatable bonds is 6. The fourth-order valence-corrected chi connectivity index (χ4v) is 3.05. The molecule has 1 saturated heterocycles. The quantitative estimate of drug-likeness (QED) is 0.228. The Bertz CT molecular complexity index is 674. The van der Waals surface area contributed by atoms with E-state index in [-0.39, 0.29) is 35.9 Å². The summed E-state index contributed by atoms with van der Waals surface area (Å²) in [6.45, 7) is 0.557. The molecule has 11 heteroatoms. The van der Waals surface area contributed by atoms with Crippen molar-refractivity contribution in [1.82, 2.24) is 20.9 Å². The zero-order valence-corrected chi connectivity index (χ0v) is 18.4. The summed E-state index contributed by atoms with van der Waals surface area (Å²) in [4.78, 5) is 17.5. The minimum Gasteiger partial charge on any atom is -0.355 e. The Morgan fingerprint density at radius 1 is 1.29 bits per heavy atom. The average molecular weight is 534 g/mol. The summed E-state index contributed by atoms with van der Waals surface area (Å²) >= 11 is 5.97. The van der Waals surface area contributed by atoms with E-state index in [0.29, 0.717) is 49.1 Å². The van der Waals surface area contributed by atoms with Crippen LogP contribution in [0.3, 0.4) is 0 Å². The van der Waals surface area contributed by atoms with Crippen LogP contribution in [0, 0.1) is 0 Å². The molecule has 28 heavy (non-hydrogen) atoms. The van der Waals surface area contributed by atoms with E-state index < -0.39 is 12.7 Å². The van der Waals surface area contributed by atoms with Crippen molar-refractivity contribution >= 4 is 47.4 Å². The van der Waals surface area contributed by atoms with Gasteiger partial charge in [0.05, 0.1) is 17.1 Å². The largest absolute Gasteiger partial charge is 0.401 e. The van der Waals surface area contributed by atoms with Crippen molar-refractivity contribution in [2.45, 2.75) is 18.6 Å². The van der Waals surface area contributed by atoms with Crippen molar-refractivity contribution in [1.29, 1.82) is 0 Å². The Balaban J connectivity index is 0.00000392. The molecule has 1 fully saturated rings. The van der Waals surface area contributed by atoms with Crippen molar-refractivity contribution in [3.63, 3.8) is 0 Å². The van der Waals surface area contributed by atoms with Gasteiger partial charge in [-0.15, -0.1) is 24.0 Å². The normalized spacial score (nSPS) is 17.8. The Kier molecular flexibility index (Phi) is 10.3. The van der Waals surface area contributed by atoms with Gasteiger partial charge in [0, 0.05) is 39.3 Å². The summed E-state index contributed by atoms with van der Waals surface area (Å²) in [5.41, 5.74) is 0.400. The van der Waals surface area contributed by atoms with Crippen molar-refractivity contribution in [3.8, 4) is 0 Å². The summed E-state index contributed by atoms with van der Waals surface area (Å²) in [6.07, 6.45) is -3.57. The molecule has 0 aromatic heterocycles. The molecule has 3 N–H and O–H groups in total. The molecule has 0 bridgehead atoms. The van der Waals surface area contributed by atoms with Crippen LogP contribution in [0.25, 0.3) is 0 Å². The maximum atomic E-state index is 12.4. The summed E-state index contributed by atoms with van der Waals surface area (Å²) < 4.78 is 37.3. The van der Waals surface area contributed by atoms with Gasteiger partial charge in [0.15, 0.2) is 5.96 Å². The smallest absolute Gasteiger partial charge is 0.355 e. The number of hydrogen-bond acceptors (Lipinski definition) is 3. The molecule has 1 aliphatic rings. The highest BCUT2D eigenvalue weighted by molar-refractivity contribution is 14.0. The molecule has 1 unspecified atom stereocenters. The molecule has 1 amide bonds. The number of hydrogen-bond donors (Lipinski definition) is 3. The van der Waals surface area contributed by atoms with Gasteiger partial charge >= 0.3 is 6.18 Å². The molecule has 158 valence electrons. The monoisotopic (exact) mass is 533 g/mol. The number of carbonyl (C=O) groups excluding carboxylic acids is 1. The first-order chi connectivity index (χ1) is 12.8. The Hall–Kier alpha value is -1.27. The van der Waals surface area contributed by atoms with Crippen LogP contribution in [0.5, 0.6) is 0 Å². The molecule has 1 aliphatic heterocycles. The summed E-state index contributed by atoms with van der Waals surface area (Å²) in [5, 5.41) is 9.26. The minimum atomic E-state index is -4.19. The Morgan fingerprint density at radius 3 is 2.61 bits per heavy atom. The van der Waals surface area contributed by atoms with E-state index >= 15 is 0 Å². The SMILES string of the molecule is CN=C(NCCNC(=O)c1ccccc1Cl)NC1CCN(CC(F)(F)F)C1.I. The van der Waals surface area contributed by atoms with E-state index in [0.717, 1.165) is 0 Å². The van der Waals surface area contributed by atoms with Crippen molar-refractivity contribution in [3.05, 3.63) is 34.9 Å². The fourth-order valence-electron chi connectivity index (χ4n) is 2.83. The molecule has 1 atom stereocenters. The lowest BCUT2D eigenvalue weighted by Crippen LogP contribution is -2.47. The molecule has 0 radical (unpaired) electrons. The van der Waals surface area contributed by atoms with E-state index in [1.165, 1.54) is 4.90 Å². The summed E-state index contributed by atoms with van der Waals surface area (Å²) in [5.74, 6) is 0.213. The first-order valence-electron chi connectivity index (χ1n) is 8.57. The highest BCUT2D eigenvalue weighted by atomic mass is 127. The molecule has 1 aromatic carbocycles. The van der Waals surface area contributed by atoms with E-state index in [1.807, 2.05) is 0 Å². The zero-order valence-electron chi connectivity index (χ0n) is 15.4. The van der Waals surface area contributed by atoms with Gasteiger partial charge in [0.2, 0.25) is 0 Å². The van der Waals surface area contributed by atoms with Gasteiger partial charge in [0.25, 0.3) is 5.91 Å². The second-order valence-electron chi connectivity index (χ2n) is 6.21. The second kappa shape index (κ2) is 11.7. The van der Waals surface area contributed by atoms with Crippen molar-refractivity contribution in [2.24, 2.45) is 4.99 Å². The lowest BCUT2D eigenvalue weighted by atomic mass is 10.2. The topological polar surface area (TPSA) is 68.8 Å². The molecule has 2 rings (SSSR count). The van der Waals surface area contributed by atoms with Gasteiger partial charge in [-0.25, -0.2) is 0 Å². The van der Waals surface area contributed by atoms with E-state index in [4.69, 9.17) is 11.6 Å². The lowest BCUT2D eigenvalue weighted by molar-refractivity contribution is -0.143. The number of guanidine groups is 1. The van der Waals surface area contributed by atoms with E-state index in [9.17, 15) is 18.0 Å². The number of aliphatic imine (C=N–C) groups is 1. The molecule has 0 saturated carbocycles. The lowest BCUT2D eigenvalue weighted by Gasteiger charge is -2.19. The molecular weight excluding hydrogens is 510 g/mol. The van der Waals surface area contributed by atoms with Crippen LogP contribution in [0.1, 0.15) is 16.8 Å². The molecule has 0 spiro atoms. The predicted molar refractivity (Wildman–Crippen MR) is 115 cm³/mol. The fraction of sp³-hybridized carbons (Fsp3) is 0.529. The number of amides is 1. The molecule has 1 aromatic rings. The van der Waals surface area contributed by atoms with E-state index in [2.05, 4.69) is 20.9 Å². The summed E-state index contributed by atoms with van der Waals surface area (Å²) in [6, 6.07) is 6.66. The van der Waals surface area contributed by atoms with Crippen LogP contribution in [-0.2, 0) is 0 Å². The summed E-state index contributed by atoms with van der Waals surface area (Å²) in [7, 11) is 1.58. The van der Waals surface area contributed by atoms with Crippen LogP contribution < -0.4 is 16.0 Å². The van der Waals surface area contributed by atoms with Crippen LogP contribution >= 0.6 is 35.6 Å². The van der Waals surface area contributed by atoms with Crippen LogP contribution in [-0.4, -0.2) is 68.8 Å². The number of benzene rings is 1. The second-order valence-corrected chi connectivity index (χ2v) is 6.62. The highest BCUT2D eigenvalue weighted by Crippen LogP contribution is 2.19. The zero-order chi connectivity index (χ0) is 19.9. The number of nitrogens with one attached hydrogen (secondary N) is 3. The van der Waals surface area contributed by atoms with Gasteiger partial charge in [-0.1, -0.05) is 23.7 Å². The van der Waals surface area contributed by atoms with Gasteiger partial charge in [0.1, 0.15) is 0 Å². The number of nitrogens with zero attached hydrogens (tertiary/aromatic N) is 2. The first-order valence-corrected chi connectivity index (χ1v) is 8.95. The van der Waals surface area contributed by atoms with Gasteiger partial charge in [-0.3, -0.25) is 14.7 Å². The van der Waals surface area contributed by atoms with Gasteiger partial charge in [-0.05, 0) is 18.6 Å². The first kappa shape index (κ1) is 24.8. The number of alkyl halides is 3. The number of halogens is 5. The Labute approximate surface area is 184 Å². The molecule has 1 heterocycles. The molecule has 0 aliphatic carbocycles. The van der Waals surface area contributed by atoms with Crippen LogP contribution in [0.2, 0.25) is 5.02 Å². The third-order valence-electron chi connectivity index (χ3n) is 4.06. The van der Waals surface area contributed by atoms with Crippen LogP contribution in [0.4, 0.5) is 13.2 Å². The van der Waals surface area contributed by atoms with E-state index in [1.54, 1.807) is 31.3 Å². The number of carbonyl (C=O) groups is 1. The highest BCUT2D eigenvalue weighted by Gasteiger charge is 2.34. The third kappa shape index (κ3) is 8.39. The van der Waals surface area contributed by atoms with Gasteiger partial charge < -0.3 is 16.0 Å².